The molecule has 1 unspecified atom stereocenters. The van der Waals surface area contributed by atoms with E-state index >= 15 is 0 Å². The highest BCUT2D eigenvalue weighted by Crippen LogP contribution is 2.42. The molecule has 5 heteroatoms. The molecule has 2 nitrogen and oxygen atoms in total. The van der Waals surface area contributed by atoms with Gasteiger partial charge in [0.05, 0.1) is 5.92 Å². The summed E-state index contributed by atoms with van der Waals surface area (Å²) in [5, 5.41) is 3.63. The van der Waals surface area contributed by atoms with Gasteiger partial charge in [0.1, 0.15) is 0 Å². The Kier molecular flexibility index (Phi) is 6.35. The van der Waals surface area contributed by atoms with Crippen LogP contribution in [0.2, 0.25) is 0 Å². The Morgan fingerprint density at radius 3 is 2.10 bits per heavy atom. The van der Waals surface area contributed by atoms with Crippen LogP contribution in [0.15, 0.2) is 0 Å². The zero-order chi connectivity index (χ0) is 15.3. The summed E-state index contributed by atoms with van der Waals surface area (Å²) in [6.45, 7) is 4.69. The van der Waals surface area contributed by atoms with Crippen LogP contribution in [0.4, 0.5) is 13.2 Å². The first-order valence-corrected chi connectivity index (χ1v) is 8.40. The predicted molar refractivity (Wildman–Crippen MR) is 77.1 cm³/mol. The Balaban J connectivity index is 1.91. The highest BCUT2D eigenvalue weighted by molar-refractivity contribution is 4.88. The summed E-state index contributed by atoms with van der Waals surface area (Å²) in [7, 11) is 0. The van der Waals surface area contributed by atoms with Gasteiger partial charge in [0.25, 0.3) is 0 Å². The quantitative estimate of drug-likeness (QED) is 0.824. The molecule has 124 valence electrons. The van der Waals surface area contributed by atoms with Crippen molar-refractivity contribution in [3.63, 3.8) is 0 Å². The molecule has 1 atom stereocenters. The summed E-state index contributed by atoms with van der Waals surface area (Å²) in [6.07, 6.45) is 1.18. The number of halogens is 3. The van der Waals surface area contributed by atoms with Crippen molar-refractivity contribution in [1.82, 2.24) is 5.32 Å². The first kappa shape index (κ1) is 17.1. The smallest absolute Gasteiger partial charge is 0.381 e. The minimum absolute atomic E-state index is 0.307. The molecule has 1 aliphatic heterocycles. The van der Waals surface area contributed by atoms with Gasteiger partial charge >= 0.3 is 6.18 Å². The number of hydrogen-bond acceptors (Lipinski definition) is 2. The zero-order valence-corrected chi connectivity index (χ0v) is 12.9. The lowest BCUT2D eigenvalue weighted by molar-refractivity contribution is -0.184. The van der Waals surface area contributed by atoms with Crippen LogP contribution in [0, 0.1) is 17.8 Å². The molecule has 0 spiro atoms. The number of nitrogens with one attached hydrogen (secondary N) is 1. The Bertz CT molecular complexity index is 294. The van der Waals surface area contributed by atoms with Crippen LogP contribution in [-0.4, -0.2) is 32.0 Å². The van der Waals surface area contributed by atoms with Gasteiger partial charge in [-0.05, 0) is 63.3 Å². The van der Waals surface area contributed by atoms with Crippen molar-refractivity contribution in [3.8, 4) is 0 Å². The van der Waals surface area contributed by atoms with Crippen LogP contribution in [0.5, 0.6) is 0 Å². The zero-order valence-electron chi connectivity index (χ0n) is 12.9. The maximum Gasteiger partial charge on any atom is 0.391 e. The normalized spacial score (nSPS) is 30.3. The molecule has 1 saturated heterocycles. The highest BCUT2D eigenvalue weighted by atomic mass is 19.4. The van der Waals surface area contributed by atoms with Crippen molar-refractivity contribution >= 4 is 0 Å². The third-order valence-electron chi connectivity index (χ3n) is 5.15. The van der Waals surface area contributed by atoms with Crippen LogP contribution in [0.25, 0.3) is 0 Å². The van der Waals surface area contributed by atoms with Crippen LogP contribution >= 0.6 is 0 Å². The van der Waals surface area contributed by atoms with Gasteiger partial charge in [0, 0.05) is 19.3 Å². The fourth-order valence-electron chi connectivity index (χ4n) is 3.91. The van der Waals surface area contributed by atoms with Crippen LogP contribution < -0.4 is 5.32 Å². The second-order valence-corrected chi connectivity index (χ2v) is 6.58. The van der Waals surface area contributed by atoms with Gasteiger partial charge in [-0.3, -0.25) is 0 Å². The molecule has 0 amide bonds. The minimum atomic E-state index is -4.00. The third kappa shape index (κ3) is 4.85. The van der Waals surface area contributed by atoms with E-state index in [1.807, 2.05) is 0 Å². The molecule has 1 saturated carbocycles. The first-order chi connectivity index (χ1) is 10.0. The molecule has 2 aliphatic rings. The van der Waals surface area contributed by atoms with E-state index in [0.717, 1.165) is 39.0 Å². The van der Waals surface area contributed by atoms with Crippen LogP contribution in [0.1, 0.15) is 51.9 Å². The molecule has 1 heterocycles. The van der Waals surface area contributed by atoms with Gasteiger partial charge in [-0.15, -0.1) is 0 Å². The largest absolute Gasteiger partial charge is 0.391 e. The van der Waals surface area contributed by atoms with Gasteiger partial charge in [-0.2, -0.15) is 13.2 Å². The third-order valence-corrected chi connectivity index (χ3v) is 5.15. The average Bonchev–Trinajstić information content (AvgIpc) is 2.48. The average molecular weight is 307 g/mol. The first-order valence-electron chi connectivity index (χ1n) is 8.40. The topological polar surface area (TPSA) is 21.3 Å². The van der Waals surface area contributed by atoms with Gasteiger partial charge in [-0.25, -0.2) is 0 Å². The monoisotopic (exact) mass is 307 g/mol. The summed E-state index contributed by atoms with van der Waals surface area (Å²) in [5.74, 6) is -0.105. The van der Waals surface area contributed by atoms with Crippen molar-refractivity contribution in [1.29, 1.82) is 0 Å². The molecule has 2 rings (SSSR count). The standard InChI is InChI=1S/C16H28F3NO/c1-2-9-20-15(13-7-10-21-11-8-13)12-3-5-14(6-4-12)16(17,18)19/h12-15,20H,2-11H2,1H3. The molecule has 1 N–H and O–H groups in total. The molecule has 0 bridgehead atoms. The summed E-state index contributed by atoms with van der Waals surface area (Å²) >= 11 is 0. The van der Waals surface area contributed by atoms with Crippen molar-refractivity contribution in [2.75, 3.05) is 19.8 Å². The molecular formula is C16H28F3NO. The van der Waals surface area contributed by atoms with Crippen molar-refractivity contribution in [3.05, 3.63) is 0 Å². The fraction of sp³-hybridized carbons (Fsp3) is 1.00. The minimum Gasteiger partial charge on any atom is -0.381 e. The summed E-state index contributed by atoms with van der Waals surface area (Å²) < 4.78 is 43.8. The number of ether oxygens (including phenoxy) is 1. The van der Waals surface area contributed by atoms with Crippen molar-refractivity contribution in [2.24, 2.45) is 17.8 Å². The summed E-state index contributed by atoms with van der Waals surface area (Å²) in [4.78, 5) is 0. The van der Waals surface area contributed by atoms with Gasteiger partial charge in [0.2, 0.25) is 0 Å². The molecule has 0 aromatic rings. The molecule has 21 heavy (non-hydrogen) atoms. The van der Waals surface area contributed by atoms with E-state index in [1.54, 1.807) is 0 Å². The van der Waals surface area contributed by atoms with Crippen LogP contribution in [-0.2, 0) is 4.74 Å². The summed E-state index contributed by atoms with van der Waals surface area (Å²) in [5.41, 5.74) is 0. The molecule has 0 radical (unpaired) electrons. The highest BCUT2D eigenvalue weighted by Gasteiger charge is 2.43. The van der Waals surface area contributed by atoms with E-state index in [9.17, 15) is 13.2 Å². The lowest BCUT2D eigenvalue weighted by Gasteiger charge is -2.40. The molecule has 0 aromatic carbocycles. The number of rotatable bonds is 5. The van der Waals surface area contributed by atoms with E-state index in [4.69, 9.17) is 4.74 Å². The second-order valence-electron chi connectivity index (χ2n) is 6.58. The second kappa shape index (κ2) is 7.82. The van der Waals surface area contributed by atoms with E-state index in [-0.39, 0.29) is 0 Å². The fourth-order valence-corrected chi connectivity index (χ4v) is 3.91. The summed E-state index contributed by atoms with van der Waals surface area (Å²) in [6, 6.07) is 0.378. The van der Waals surface area contributed by atoms with E-state index in [2.05, 4.69) is 12.2 Å². The van der Waals surface area contributed by atoms with Gasteiger partial charge in [-0.1, -0.05) is 6.92 Å². The SMILES string of the molecule is CCCNC(C1CCOCC1)C1CCC(C(F)(F)F)CC1. The predicted octanol–water partition coefficient (Wildman–Crippen LogP) is 4.15. The Hall–Kier alpha value is -0.290. The Morgan fingerprint density at radius 1 is 1.00 bits per heavy atom. The lowest BCUT2D eigenvalue weighted by atomic mass is 9.73. The molecule has 2 fully saturated rings. The molecule has 1 aliphatic carbocycles. The number of hydrogen-bond donors (Lipinski definition) is 1. The molecule has 0 aromatic heterocycles. The van der Waals surface area contributed by atoms with E-state index < -0.39 is 12.1 Å². The lowest BCUT2D eigenvalue weighted by Crippen LogP contribution is -2.46. The Morgan fingerprint density at radius 2 is 1.57 bits per heavy atom. The Labute approximate surface area is 125 Å². The van der Waals surface area contributed by atoms with Crippen molar-refractivity contribution < 1.29 is 17.9 Å². The maximum atomic E-state index is 12.8. The molecular weight excluding hydrogens is 279 g/mol. The van der Waals surface area contributed by atoms with Crippen molar-refractivity contribution in [2.45, 2.75) is 64.1 Å². The number of alkyl halides is 3. The van der Waals surface area contributed by atoms with E-state index in [1.165, 1.54) is 0 Å². The van der Waals surface area contributed by atoms with Crippen LogP contribution in [0.3, 0.4) is 0 Å². The van der Waals surface area contributed by atoms with E-state index in [0.29, 0.717) is 43.6 Å². The maximum absolute atomic E-state index is 12.8. The van der Waals surface area contributed by atoms with Gasteiger partial charge in [0.15, 0.2) is 0 Å². The van der Waals surface area contributed by atoms with Gasteiger partial charge < -0.3 is 10.1 Å².